The minimum atomic E-state index is -4.29. The van der Waals surface area contributed by atoms with Crippen LogP contribution >= 0.6 is 0 Å². The van der Waals surface area contributed by atoms with Crippen molar-refractivity contribution in [2.75, 3.05) is 0 Å². The van der Waals surface area contributed by atoms with Crippen LogP contribution in [0.3, 0.4) is 0 Å². The predicted octanol–water partition coefficient (Wildman–Crippen LogP) is 6.06. The zero-order valence-electron chi connectivity index (χ0n) is 13.6. The summed E-state index contributed by atoms with van der Waals surface area (Å²) < 4.78 is 38.1. The first-order valence-corrected chi connectivity index (χ1v) is 8.15. The van der Waals surface area contributed by atoms with Gasteiger partial charge in [-0.15, -0.1) is 0 Å². The van der Waals surface area contributed by atoms with Gasteiger partial charge in [-0.1, -0.05) is 60.7 Å². The van der Waals surface area contributed by atoms with Crippen molar-refractivity contribution in [1.82, 2.24) is 0 Å². The van der Waals surface area contributed by atoms with E-state index in [0.717, 1.165) is 11.6 Å². The lowest BCUT2D eigenvalue weighted by Crippen LogP contribution is -2.05. The molecule has 0 aliphatic rings. The molecule has 0 saturated heterocycles. The maximum absolute atomic E-state index is 12.7. The van der Waals surface area contributed by atoms with Crippen LogP contribution in [0.15, 0.2) is 71.7 Å². The average Bonchev–Trinajstić information content (AvgIpc) is 2.61. The highest BCUT2D eigenvalue weighted by Gasteiger charge is 2.30. The molecule has 0 heterocycles. The van der Waals surface area contributed by atoms with Crippen molar-refractivity contribution in [2.24, 2.45) is 4.99 Å². The van der Waals surface area contributed by atoms with Gasteiger partial charge in [-0.2, -0.15) is 13.2 Å². The highest BCUT2D eigenvalue weighted by atomic mass is 19.4. The van der Waals surface area contributed by atoms with E-state index in [2.05, 4.69) is 23.2 Å². The molecule has 0 N–H and O–H groups in total. The van der Waals surface area contributed by atoms with Gasteiger partial charge in [-0.05, 0) is 47.0 Å². The molecule has 3 rings (SSSR count). The highest BCUT2D eigenvalue weighted by Crippen LogP contribution is 2.29. The number of alkyl halides is 3. The molecule has 3 aromatic carbocycles. The summed E-state index contributed by atoms with van der Waals surface area (Å²) in [6.45, 7) is 0.573. The Morgan fingerprint density at radius 2 is 1.64 bits per heavy atom. The zero-order valence-corrected chi connectivity index (χ0v) is 13.6. The first-order chi connectivity index (χ1) is 12.0. The molecule has 128 valence electrons. The Kier molecular flexibility index (Phi) is 5.17. The third kappa shape index (κ3) is 4.47. The van der Waals surface area contributed by atoms with Gasteiger partial charge < -0.3 is 0 Å². The molecule has 0 aliphatic carbocycles. The number of halogens is 3. The lowest BCUT2D eigenvalue weighted by Gasteiger charge is -2.07. The van der Waals surface area contributed by atoms with Crippen LogP contribution in [-0.2, 0) is 19.1 Å². The molecule has 25 heavy (non-hydrogen) atoms. The van der Waals surface area contributed by atoms with Crippen molar-refractivity contribution in [2.45, 2.75) is 25.6 Å². The lowest BCUT2D eigenvalue weighted by molar-refractivity contribution is -0.137. The van der Waals surface area contributed by atoms with Crippen molar-refractivity contribution in [3.63, 3.8) is 0 Å². The first kappa shape index (κ1) is 17.2. The molecule has 0 saturated carbocycles. The van der Waals surface area contributed by atoms with Gasteiger partial charge in [0.25, 0.3) is 0 Å². The van der Waals surface area contributed by atoms with E-state index in [1.807, 2.05) is 24.3 Å². The zero-order chi connectivity index (χ0) is 17.7. The Hall–Kier alpha value is -2.62. The van der Waals surface area contributed by atoms with Gasteiger partial charge in [0.2, 0.25) is 0 Å². The van der Waals surface area contributed by atoms with E-state index >= 15 is 0 Å². The van der Waals surface area contributed by atoms with E-state index in [-0.39, 0.29) is 0 Å². The maximum atomic E-state index is 12.7. The summed E-state index contributed by atoms with van der Waals surface area (Å²) in [6, 6.07) is 19.7. The standard InChI is InChI=1S/C21H18F3N/c22-21(23,24)19-11-3-6-16(14-19)7-5-13-25-15-18-10-4-9-17-8-1-2-12-20(17)18/h1-4,6,8-14H,5,7,15H2. The van der Waals surface area contributed by atoms with E-state index < -0.39 is 11.7 Å². The van der Waals surface area contributed by atoms with E-state index in [1.54, 1.807) is 12.3 Å². The fraction of sp³-hybridized carbons (Fsp3) is 0.190. The van der Waals surface area contributed by atoms with E-state index in [1.165, 1.54) is 22.9 Å². The fourth-order valence-electron chi connectivity index (χ4n) is 2.82. The van der Waals surface area contributed by atoms with Crippen LogP contribution in [0.25, 0.3) is 10.8 Å². The van der Waals surface area contributed by atoms with Gasteiger partial charge in [0.1, 0.15) is 0 Å². The SMILES string of the molecule is FC(F)(F)c1cccc(CCC=NCc2cccc3ccccc23)c1. The minimum Gasteiger partial charge on any atom is -0.293 e. The highest BCUT2D eigenvalue weighted by molar-refractivity contribution is 5.85. The third-order valence-electron chi connectivity index (χ3n) is 4.09. The van der Waals surface area contributed by atoms with Crippen molar-refractivity contribution in [3.8, 4) is 0 Å². The second kappa shape index (κ2) is 7.51. The summed E-state index contributed by atoms with van der Waals surface area (Å²) in [5, 5.41) is 2.36. The molecular weight excluding hydrogens is 323 g/mol. The van der Waals surface area contributed by atoms with Crippen LogP contribution in [0.4, 0.5) is 13.2 Å². The van der Waals surface area contributed by atoms with Crippen molar-refractivity contribution >= 4 is 17.0 Å². The summed E-state index contributed by atoms with van der Waals surface area (Å²) in [5.74, 6) is 0. The number of benzene rings is 3. The lowest BCUT2D eigenvalue weighted by atomic mass is 10.0. The molecule has 4 heteroatoms. The van der Waals surface area contributed by atoms with Gasteiger partial charge in [0, 0.05) is 0 Å². The number of rotatable bonds is 5. The fourth-order valence-corrected chi connectivity index (χ4v) is 2.82. The summed E-state index contributed by atoms with van der Waals surface area (Å²) >= 11 is 0. The molecule has 0 atom stereocenters. The van der Waals surface area contributed by atoms with Crippen LogP contribution in [0.2, 0.25) is 0 Å². The van der Waals surface area contributed by atoms with Crippen molar-refractivity contribution < 1.29 is 13.2 Å². The Morgan fingerprint density at radius 1 is 0.880 bits per heavy atom. The number of nitrogens with zero attached hydrogens (tertiary/aromatic N) is 1. The first-order valence-electron chi connectivity index (χ1n) is 8.15. The maximum Gasteiger partial charge on any atom is 0.416 e. The summed E-state index contributed by atoms with van der Waals surface area (Å²) in [4.78, 5) is 4.43. The second-order valence-corrected chi connectivity index (χ2v) is 5.90. The smallest absolute Gasteiger partial charge is 0.293 e. The number of aryl methyl sites for hydroxylation is 1. The van der Waals surface area contributed by atoms with E-state index in [0.29, 0.717) is 24.9 Å². The van der Waals surface area contributed by atoms with Gasteiger partial charge in [0.05, 0.1) is 12.1 Å². The summed E-state index contributed by atoms with van der Waals surface area (Å²) in [6.07, 6.45) is -1.34. The van der Waals surface area contributed by atoms with Gasteiger partial charge in [-0.3, -0.25) is 4.99 Å². The minimum absolute atomic E-state index is 0.545. The van der Waals surface area contributed by atoms with Crippen LogP contribution in [0.1, 0.15) is 23.1 Å². The van der Waals surface area contributed by atoms with Gasteiger partial charge in [-0.25, -0.2) is 0 Å². The molecule has 0 radical (unpaired) electrons. The van der Waals surface area contributed by atoms with Gasteiger partial charge in [0.15, 0.2) is 0 Å². The number of hydrogen-bond acceptors (Lipinski definition) is 1. The molecule has 3 aromatic rings. The molecule has 0 spiro atoms. The molecule has 0 unspecified atom stereocenters. The number of fused-ring (bicyclic) bond motifs is 1. The van der Waals surface area contributed by atoms with E-state index in [9.17, 15) is 13.2 Å². The molecule has 0 aromatic heterocycles. The largest absolute Gasteiger partial charge is 0.416 e. The Labute approximate surface area is 144 Å². The molecule has 0 fully saturated rings. The van der Waals surface area contributed by atoms with E-state index in [4.69, 9.17) is 0 Å². The summed E-state index contributed by atoms with van der Waals surface area (Å²) in [7, 11) is 0. The van der Waals surface area contributed by atoms with Crippen molar-refractivity contribution in [1.29, 1.82) is 0 Å². The van der Waals surface area contributed by atoms with Crippen LogP contribution < -0.4 is 0 Å². The third-order valence-corrected chi connectivity index (χ3v) is 4.09. The summed E-state index contributed by atoms with van der Waals surface area (Å²) in [5.41, 5.74) is 1.22. The monoisotopic (exact) mass is 341 g/mol. The normalized spacial score (nSPS) is 12.1. The van der Waals surface area contributed by atoms with Gasteiger partial charge >= 0.3 is 6.18 Å². The Bertz CT molecular complexity index is 876. The number of hydrogen-bond donors (Lipinski definition) is 0. The Balaban J connectivity index is 1.59. The molecule has 0 aliphatic heterocycles. The topological polar surface area (TPSA) is 12.4 Å². The second-order valence-electron chi connectivity index (χ2n) is 5.90. The molecular formula is C21H18F3N. The predicted molar refractivity (Wildman–Crippen MR) is 95.9 cm³/mol. The molecule has 0 bridgehead atoms. The average molecular weight is 341 g/mol. The Morgan fingerprint density at radius 3 is 2.48 bits per heavy atom. The van der Waals surface area contributed by atoms with Crippen LogP contribution in [0, 0.1) is 0 Å². The quantitative estimate of drug-likeness (QED) is 0.500. The van der Waals surface area contributed by atoms with Crippen LogP contribution in [-0.4, -0.2) is 6.21 Å². The number of aliphatic imine (C=N–C) groups is 1. The van der Waals surface area contributed by atoms with Crippen LogP contribution in [0.5, 0.6) is 0 Å². The van der Waals surface area contributed by atoms with Crippen molar-refractivity contribution in [3.05, 3.63) is 83.4 Å². The molecule has 0 amide bonds. The molecule has 1 nitrogen and oxygen atoms in total.